The van der Waals surface area contributed by atoms with Crippen molar-refractivity contribution in [3.05, 3.63) is 34.9 Å². The van der Waals surface area contributed by atoms with Crippen LogP contribution in [0.1, 0.15) is 59.3 Å². The highest BCUT2D eigenvalue weighted by molar-refractivity contribution is 5.91. The number of hydrogen-bond donors (Lipinski definition) is 1. The molecule has 4 aliphatic rings. The summed E-state index contributed by atoms with van der Waals surface area (Å²) in [6, 6.07) is 0. The Balaban J connectivity index is 1.71. The number of ketones is 1. The molecule has 0 aromatic rings. The highest BCUT2D eigenvalue weighted by Gasteiger charge is 2.56. The Labute approximate surface area is 149 Å². The van der Waals surface area contributed by atoms with Crippen LogP contribution in [0.4, 0.5) is 0 Å². The summed E-state index contributed by atoms with van der Waals surface area (Å²) >= 11 is 0. The van der Waals surface area contributed by atoms with Gasteiger partial charge in [0.1, 0.15) is 0 Å². The van der Waals surface area contributed by atoms with E-state index in [0.29, 0.717) is 35.5 Å². The third-order valence-electron chi connectivity index (χ3n) is 8.02. The first-order valence-corrected chi connectivity index (χ1v) is 9.64. The van der Waals surface area contributed by atoms with E-state index in [4.69, 9.17) is 0 Å². The fourth-order valence-corrected chi connectivity index (χ4v) is 6.54. The summed E-state index contributed by atoms with van der Waals surface area (Å²) in [5.74, 6) is 1.16. The molecule has 0 aromatic heterocycles. The molecule has 0 aromatic carbocycles. The quantitative estimate of drug-likeness (QED) is 0.704. The average molecular weight is 340 g/mol. The Bertz CT molecular complexity index is 740. The van der Waals surface area contributed by atoms with Gasteiger partial charge in [-0.15, -0.1) is 0 Å². The number of carbonyl (C=O) groups is 2. The second-order valence-electron chi connectivity index (χ2n) is 9.05. The van der Waals surface area contributed by atoms with Crippen molar-refractivity contribution in [2.45, 2.75) is 59.3 Å². The van der Waals surface area contributed by atoms with Crippen molar-refractivity contribution in [1.82, 2.24) is 0 Å². The summed E-state index contributed by atoms with van der Waals surface area (Å²) in [5.41, 5.74) is 3.05. The zero-order valence-electron chi connectivity index (χ0n) is 15.5. The van der Waals surface area contributed by atoms with Crippen LogP contribution in [0, 0.1) is 28.6 Å². The first-order chi connectivity index (χ1) is 11.8. The molecule has 4 rings (SSSR count). The first kappa shape index (κ1) is 16.8. The Hall–Kier alpha value is -1.64. The van der Waals surface area contributed by atoms with Gasteiger partial charge in [-0.25, -0.2) is 4.79 Å². The molecule has 1 N–H and O–H groups in total. The van der Waals surface area contributed by atoms with Gasteiger partial charge in [0.2, 0.25) is 0 Å². The number of carbonyl (C=O) groups excluding carboxylic acids is 1. The third-order valence-corrected chi connectivity index (χ3v) is 8.02. The van der Waals surface area contributed by atoms with Crippen LogP contribution in [-0.4, -0.2) is 16.9 Å². The number of fused-ring (bicyclic) bond motifs is 5. The Morgan fingerprint density at radius 2 is 1.92 bits per heavy atom. The maximum absolute atomic E-state index is 11.9. The van der Waals surface area contributed by atoms with Crippen LogP contribution in [0.5, 0.6) is 0 Å². The summed E-state index contributed by atoms with van der Waals surface area (Å²) in [6.07, 6.45) is 12.3. The van der Waals surface area contributed by atoms with Gasteiger partial charge in [0.05, 0.1) is 0 Å². The van der Waals surface area contributed by atoms with E-state index in [1.54, 1.807) is 6.92 Å². The van der Waals surface area contributed by atoms with Gasteiger partial charge in [0.15, 0.2) is 5.78 Å². The van der Waals surface area contributed by atoms with E-state index in [2.05, 4.69) is 26.0 Å². The topological polar surface area (TPSA) is 54.4 Å². The van der Waals surface area contributed by atoms with Crippen molar-refractivity contribution < 1.29 is 14.7 Å². The minimum Gasteiger partial charge on any atom is -0.478 e. The van der Waals surface area contributed by atoms with Crippen LogP contribution in [0.3, 0.4) is 0 Å². The van der Waals surface area contributed by atoms with Crippen molar-refractivity contribution in [2.75, 3.05) is 0 Å². The van der Waals surface area contributed by atoms with E-state index in [0.717, 1.165) is 37.7 Å². The van der Waals surface area contributed by atoms with Gasteiger partial charge in [0, 0.05) is 12.0 Å². The van der Waals surface area contributed by atoms with Crippen molar-refractivity contribution in [3.63, 3.8) is 0 Å². The number of carboxylic acids is 1. The molecule has 5 atom stereocenters. The fraction of sp³-hybridized carbons (Fsp3) is 0.636. The molecule has 4 aliphatic carbocycles. The molecule has 0 spiro atoms. The zero-order chi connectivity index (χ0) is 18.0. The van der Waals surface area contributed by atoms with Crippen molar-refractivity contribution in [2.24, 2.45) is 28.6 Å². The monoisotopic (exact) mass is 340 g/mol. The van der Waals surface area contributed by atoms with Crippen LogP contribution in [-0.2, 0) is 9.59 Å². The second-order valence-corrected chi connectivity index (χ2v) is 9.05. The summed E-state index contributed by atoms with van der Waals surface area (Å²) < 4.78 is 0. The normalized spacial score (nSPS) is 44.5. The van der Waals surface area contributed by atoms with Crippen molar-refractivity contribution in [1.29, 1.82) is 0 Å². The molecule has 0 saturated heterocycles. The van der Waals surface area contributed by atoms with Crippen molar-refractivity contribution >= 4 is 11.8 Å². The lowest BCUT2D eigenvalue weighted by atomic mass is 9.47. The Kier molecular flexibility index (Phi) is 3.65. The van der Waals surface area contributed by atoms with Crippen LogP contribution >= 0.6 is 0 Å². The SMILES string of the molecule is CC(C(=O)O)=C1C=C[C@H]2[C@@H]3CCC4=CC(=O)CC[C@]4(C)[C@H]3CC[C@]12C. The standard InChI is InChI=1S/C22H28O3/c1-13(20(24)25)17-6-7-18-16-5-4-14-12-15(23)8-10-21(14,2)19(16)9-11-22(17,18)3/h6-7,12,16,18-19H,4-5,8-11H2,1-3H3,(H,24,25)/t16-,18-,19-,21-,22+/m0/s1. The van der Waals surface area contributed by atoms with Gasteiger partial charge in [-0.05, 0) is 79.3 Å². The van der Waals surface area contributed by atoms with E-state index < -0.39 is 5.97 Å². The largest absolute Gasteiger partial charge is 0.478 e. The van der Waals surface area contributed by atoms with Gasteiger partial charge in [-0.3, -0.25) is 4.79 Å². The fourth-order valence-electron chi connectivity index (χ4n) is 6.54. The molecule has 2 saturated carbocycles. The van der Waals surface area contributed by atoms with Gasteiger partial charge in [-0.1, -0.05) is 31.6 Å². The summed E-state index contributed by atoms with van der Waals surface area (Å²) in [4.78, 5) is 23.4. The molecule has 0 radical (unpaired) electrons. The molecule has 0 amide bonds. The number of carboxylic acid groups (broad SMARTS) is 1. The molecule has 2 fully saturated rings. The molecule has 0 unspecified atom stereocenters. The first-order valence-electron chi connectivity index (χ1n) is 9.64. The van der Waals surface area contributed by atoms with Gasteiger partial charge >= 0.3 is 5.97 Å². The maximum Gasteiger partial charge on any atom is 0.331 e. The predicted octanol–water partition coefficient (Wildman–Crippen LogP) is 4.70. The zero-order valence-corrected chi connectivity index (χ0v) is 15.5. The molecule has 3 heteroatoms. The molecular weight excluding hydrogens is 312 g/mol. The number of allylic oxidation sites excluding steroid dienone is 5. The molecule has 0 bridgehead atoms. The number of rotatable bonds is 1. The van der Waals surface area contributed by atoms with E-state index in [9.17, 15) is 14.7 Å². The molecule has 25 heavy (non-hydrogen) atoms. The van der Waals surface area contributed by atoms with Gasteiger partial charge < -0.3 is 5.11 Å². The molecule has 134 valence electrons. The Morgan fingerprint density at radius 1 is 1.16 bits per heavy atom. The summed E-state index contributed by atoms with van der Waals surface area (Å²) in [7, 11) is 0. The minimum absolute atomic E-state index is 0.0360. The average Bonchev–Trinajstić information content (AvgIpc) is 2.92. The summed E-state index contributed by atoms with van der Waals surface area (Å²) in [6.45, 7) is 6.40. The summed E-state index contributed by atoms with van der Waals surface area (Å²) in [5, 5.41) is 9.47. The number of aliphatic carboxylic acids is 1. The maximum atomic E-state index is 11.9. The molecular formula is C22H28O3. The third kappa shape index (κ3) is 2.24. The molecule has 0 aliphatic heterocycles. The van der Waals surface area contributed by atoms with E-state index in [1.807, 2.05) is 6.08 Å². The molecule has 3 nitrogen and oxygen atoms in total. The van der Waals surface area contributed by atoms with Crippen LogP contribution in [0.15, 0.2) is 34.9 Å². The van der Waals surface area contributed by atoms with Crippen LogP contribution in [0.2, 0.25) is 0 Å². The highest BCUT2D eigenvalue weighted by Crippen LogP contribution is 2.65. The van der Waals surface area contributed by atoms with Crippen molar-refractivity contribution in [3.8, 4) is 0 Å². The number of hydrogen-bond acceptors (Lipinski definition) is 2. The Morgan fingerprint density at radius 3 is 2.64 bits per heavy atom. The van der Waals surface area contributed by atoms with Crippen LogP contribution < -0.4 is 0 Å². The lowest BCUT2D eigenvalue weighted by molar-refractivity contribution is -0.132. The van der Waals surface area contributed by atoms with Gasteiger partial charge in [0.25, 0.3) is 0 Å². The molecule has 0 heterocycles. The van der Waals surface area contributed by atoms with Gasteiger partial charge in [-0.2, -0.15) is 0 Å². The smallest absolute Gasteiger partial charge is 0.331 e. The highest BCUT2D eigenvalue weighted by atomic mass is 16.4. The van der Waals surface area contributed by atoms with Crippen LogP contribution in [0.25, 0.3) is 0 Å². The second kappa shape index (κ2) is 5.43. The van der Waals surface area contributed by atoms with E-state index >= 15 is 0 Å². The lowest BCUT2D eigenvalue weighted by Crippen LogP contribution is -2.49. The van der Waals surface area contributed by atoms with E-state index in [-0.39, 0.29) is 10.8 Å². The lowest BCUT2D eigenvalue weighted by Gasteiger charge is -2.57. The van der Waals surface area contributed by atoms with E-state index in [1.165, 1.54) is 5.57 Å². The minimum atomic E-state index is -0.796. The predicted molar refractivity (Wildman–Crippen MR) is 97.0 cm³/mol.